The average Bonchev–Trinajstić information content (AvgIpc) is 2.96. The van der Waals surface area contributed by atoms with Crippen molar-refractivity contribution in [3.63, 3.8) is 0 Å². The maximum Gasteiger partial charge on any atom is 0.417 e. The Morgan fingerprint density at radius 3 is 2.18 bits per heavy atom. The maximum absolute atomic E-state index is 13.5. The number of carbonyl (C=O) groups is 1. The van der Waals surface area contributed by atoms with Gasteiger partial charge in [-0.3, -0.25) is 9.69 Å². The van der Waals surface area contributed by atoms with E-state index in [1.807, 2.05) is 52.0 Å². The second-order valence-electron chi connectivity index (χ2n) is 14.0. The van der Waals surface area contributed by atoms with Gasteiger partial charge in [0.25, 0.3) is 5.91 Å². The molecule has 2 aliphatic rings. The average molecular weight is 692 g/mol. The van der Waals surface area contributed by atoms with Crippen molar-refractivity contribution in [3.05, 3.63) is 64.7 Å². The van der Waals surface area contributed by atoms with Gasteiger partial charge in [-0.25, -0.2) is 3.93 Å². The van der Waals surface area contributed by atoms with Gasteiger partial charge in [-0.15, -0.1) is 0 Å². The van der Waals surface area contributed by atoms with Crippen LogP contribution < -0.4 is 10.1 Å². The van der Waals surface area contributed by atoms with Crippen LogP contribution in [0.25, 0.3) is 0 Å². The van der Waals surface area contributed by atoms with Crippen molar-refractivity contribution in [2.75, 3.05) is 19.6 Å². The lowest BCUT2D eigenvalue weighted by atomic mass is 9.49. The number of aryl methyl sites for hydroxylation is 1. The number of carbonyl (C=O) groups excluding carboxylic acids is 1. The normalized spacial score (nSPS) is 24.8. The third kappa shape index (κ3) is 8.04. The molecule has 4 rings (SSSR count). The maximum atomic E-state index is 13.5. The summed E-state index contributed by atoms with van der Waals surface area (Å²) in [5.74, 6) is -0.140. The zero-order valence-electron chi connectivity index (χ0n) is 27.2. The van der Waals surface area contributed by atoms with Crippen LogP contribution in [0, 0.1) is 22.2 Å². The largest absolute Gasteiger partial charge is 0.489 e. The molecule has 2 aromatic carbocycles. The van der Waals surface area contributed by atoms with Gasteiger partial charge in [-0.1, -0.05) is 52.7 Å². The number of rotatable bonds is 11. The minimum atomic E-state index is -4.66. The number of ether oxygens (including phenoxy) is 1. The molecule has 0 aromatic heterocycles. The first-order chi connectivity index (χ1) is 21.0. The Balaban J connectivity index is 1.25. The smallest absolute Gasteiger partial charge is 0.417 e. The Morgan fingerprint density at radius 2 is 1.60 bits per heavy atom. The molecule has 246 valence electrons. The SMILES string of the molecule is C[C@@H]1CN(Br)C[C@H](C)N1CCCCCCc1ccc(C(=O)NC2C(C)(C)C(Oc3ccc(C#N)c(C(F)(F)F)c3)C2(C)C)cc1. The molecule has 1 heterocycles. The highest BCUT2D eigenvalue weighted by Crippen LogP contribution is 2.55. The molecule has 0 unspecified atom stereocenters. The first kappa shape index (κ1) is 35.2. The fourth-order valence-corrected chi connectivity index (χ4v) is 8.45. The number of halogens is 4. The van der Waals surface area contributed by atoms with E-state index >= 15 is 0 Å². The molecular formula is C35H46BrF3N4O2. The molecule has 1 aliphatic heterocycles. The highest BCUT2D eigenvalue weighted by molar-refractivity contribution is 9.07. The fourth-order valence-electron chi connectivity index (χ4n) is 7.61. The summed E-state index contributed by atoms with van der Waals surface area (Å²) in [5.41, 5.74) is -0.787. The van der Waals surface area contributed by atoms with E-state index in [1.54, 1.807) is 6.07 Å². The summed E-state index contributed by atoms with van der Waals surface area (Å²) in [6.07, 6.45) is 0.559. The Labute approximate surface area is 274 Å². The summed E-state index contributed by atoms with van der Waals surface area (Å²) in [6.45, 7) is 15.6. The van der Waals surface area contributed by atoms with E-state index in [2.05, 4.69) is 44.1 Å². The van der Waals surface area contributed by atoms with Crippen molar-refractivity contribution in [2.45, 2.75) is 104 Å². The van der Waals surface area contributed by atoms with E-state index in [-0.39, 0.29) is 17.7 Å². The number of nitrogens with zero attached hydrogens (tertiary/aromatic N) is 3. The number of hydrogen-bond donors (Lipinski definition) is 1. The van der Waals surface area contributed by atoms with Crippen LogP contribution in [0.5, 0.6) is 5.75 Å². The van der Waals surface area contributed by atoms with Crippen molar-refractivity contribution in [3.8, 4) is 11.8 Å². The molecule has 0 spiro atoms. The van der Waals surface area contributed by atoms with E-state index in [0.29, 0.717) is 17.6 Å². The zero-order chi connectivity index (χ0) is 33.2. The van der Waals surface area contributed by atoms with Crippen LogP contribution >= 0.6 is 16.1 Å². The molecule has 1 saturated carbocycles. The van der Waals surface area contributed by atoms with Crippen molar-refractivity contribution < 1.29 is 22.7 Å². The van der Waals surface area contributed by atoms with Gasteiger partial charge in [0, 0.05) is 63.8 Å². The summed E-state index contributed by atoms with van der Waals surface area (Å²) in [4.78, 5) is 15.8. The first-order valence-corrected chi connectivity index (χ1v) is 16.6. The van der Waals surface area contributed by atoms with Gasteiger partial charge in [0.2, 0.25) is 0 Å². The predicted octanol–water partition coefficient (Wildman–Crippen LogP) is 8.00. The molecule has 6 nitrogen and oxygen atoms in total. The monoisotopic (exact) mass is 690 g/mol. The first-order valence-electron chi connectivity index (χ1n) is 15.9. The molecule has 1 saturated heterocycles. The van der Waals surface area contributed by atoms with E-state index in [1.165, 1.54) is 30.9 Å². The summed E-state index contributed by atoms with van der Waals surface area (Å²) < 4.78 is 48.8. The van der Waals surface area contributed by atoms with Gasteiger partial charge in [-0.05, 0) is 75.5 Å². The summed E-state index contributed by atoms with van der Waals surface area (Å²) in [7, 11) is 0. The summed E-state index contributed by atoms with van der Waals surface area (Å²) in [6, 6.07) is 13.6. The van der Waals surface area contributed by atoms with Gasteiger partial charge in [0.05, 0.1) is 17.2 Å². The molecule has 2 fully saturated rings. The summed E-state index contributed by atoms with van der Waals surface area (Å²) >= 11 is 3.63. The third-order valence-electron chi connectivity index (χ3n) is 9.69. The van der Waals surface area contributed by atoms with Crippen molar-refractivity contribution >= 4 is 22.1 Å². The molecule has 45 heavy (non-hydrogen) atoms. The number of unbranched alkanes of at least 4 members (excludes halogenated alkanes) is 3. The Kier molecular flexibility index (Phi) is 11.0. The number of hydrogen-bond acceptors (Lipinski definition) is 5. The lowest BCUT2D eigenvalue weighted by molar-refractivity contribution is -0.164. The van der Waals surface area contributed by atoms with Crippen LogP contribution in [0.4, 0.5) is 13.2 Å². The van der Waals surface area contributed by atoms with Crippen LogP contribution in [0.2, 0.25) is 0 Å². The highest BCUT2D eigenvalue weighted by atomic mass is 79.9. The molecule has 1 amide bonds. The van der Waals surface area contributed by atoms with E-state index < -0.39 is 34.2 Å². The Bertz CT molecular complexity index is 1340. The standard InChI is InChI=1S/C35H46BrF3N4O2/c1-23-21-42(36)22-24(2)43(23)18-10-8-7-9-11-25-12-14-26(15-13-25)30(44)41-31-33(3,4)32(34(31,5)6)45-28-17-16-27(20-40)29(19-28)35(37,38)39/h12-17,19,23-24,31-32H,7-11,18,21-22H2,1-6H3,(H,41,44)/t23-,24+,31?,32?. The van der Waals surface area contributed by atoms with Gasteiger partial charge in [0.15, 0.2) is 0 Å². The lowest BCUT2D eigenvalue weighted by Gasteiger charge is -2.63. The number of piperazine rings is 1. The predicted molar refractivity (Wildman–Crippen MR) is 174 cm³/mol. The second kappa shape index (κ2) is 14.0. The van der Waals surface area contributed by atoms with Gasteiger partial charge >= 0.3 is 6.18 Å². The topological polar surface area (TPSA) is 68.6 Å². The van der Waals surface area contributed by atoms with Gasteiger partial charge in [0.1, 0.15) is 11.9 Å². The molecule has 2 atom stereocenters. The number of nitrogens with one attached hydrogen (secondary N) is 1. The van der Waals surface area contributed by atoms with Crippen LogP contribution in [0.3, 0.4) is 0 Å². The molecular weight excluding hydrogens is 645 g/mol. The van der Waals surface area contributed by atoms with E-state index in [4.69, 9.17) is 10.00 Å². The number of amides is 1. The third-order valence-corrected chi connectivity index (χ3v) is 10.3. The van der Waals surface area contributed by atoms with Crippen molar-refractivity contribution in [1.29, 1.82) is 5.26 Å². The van der Waals surface area contributed by atoms with Gasteiger partial charge < -0.3 is 10.1 Å². The van der Waals surface area contributed by atoms with Crippen molar-refractivity contribution in [2.24, 2.45) is 10.8 Å². The molecule has 2 aromatic rings. The lowest BCUT2D eigenvalue weighted by Crippen LogP contribution is -2.74. The Morgan fingerprint density at radius 1 is 1.00 bits per heavy atom. The van der Waals surface area contributed by atoms with Crippen molar-refractivity contribution in [1.82, 2.24) is 14.1 Å². The van der Waals surface area contributed by atoms with E-state index in [9.17, 15) is 18.0 Å². The molecule has 10 heteroatoms. The molecule has 1 N–H and O–H groups in total. The van der Waals surface area contributed by atoms with E-state index in [0.717, 1.165) is 44.6 Å². The van der Waals surface area contributed by atoms with Crippen LogP contribution in [0.1, 0.15) is 94.3 Å². The van der Waals surface area contributed by atoms with Gasteiger partial charge in [-0.2, -0.15) is 18.4 Å². The second-order valence-corrected chi connectivity index (χ2v) is 15.0. The number of benzene rings is 2. The molecule has 0 radical (unpaired) electrons. The minimum absolute atomic E-state index is 0.0467. The zero-order valence-corrected chi connectivity index (χ0v) is 28.8. The number of alkyl halides is 3. The fraction of sp³-hybridized carbons (Fsp3) is 0.600. The Hall–Kier alpha value is -2.61. The minimum Gasteiger partial charge on any atom is -0.489 e. The van der Waals surface area contributed by atoms with Crippen LogP contribution in [-0.2, 0) is 12.6 Å². The molecule has 0 bridgehead atoms. The quantitative estimate of drug-likeness (QED) is 0.191. The number of nitriles is 1. The van der Waals surface area contributed by atoms with Crippen LogP contribution in [0.15, 0.2) is 42.5 Å². The highest BCUT2D eigenvalue weighted by Gasteiger charge is 2.64. The summed E-state index contributed by atoms with van der Waals surface area (Å²) in [5, 5.41) is 12.2. The molecule has 1 aliphatic carbocycles. The van der Waals surface area contributed by atoms with Crippen LogP contribution in [-0.4, -0.2) is 58.6 Å².